The van der Waals surface area contributed by atoms with Gasteiger partial charge in [0.2, 0.25) is 0 Å². The summed E-state index contributed by atoms with van der Waals surface area (Å²) < 4.78 is 28.6. The molecule has 166 valence electrons. The summed E-state index contributed by atoms with van der Waals surface area (Å²) in [7, 11) is 0. The van der Waals surface area contributed by atoms with Crippen LogP contribution in [-0.2, 0) is 27.2 Å². The first-order valence-corrected chi connectivity index (χ1v) is 10.7. The summed E-state index contributed by atoms with van der Waals surface area (Å²) >= 11 is 1.22. The van der Waals surface area contributed by atoms with E-state index in [1.165, 1.54) is 35.6 Å². The van der Waals surface area contributed by atoms with Crippen LogP contribution in [-0.4, -0.2) is 49.2 Å². The lowest BCUT2D eigenvalue weighted by molar-refractivity contribution is -0.118. The SMILES string of the molecule is CCOC(=O)c1c(NC(=O)COc2ccc(F)cc2)sc2c1CCN(C(=O)OCC)C2. The van der Waals surface area contributed by atoms with Gasteiger partial charge in [0.25, 0.3) is 5.91 Å². The van der Waals surface area contributed by atoms with Gasteiger partial charge < -0.3 is 24.4 Å². The zero-order valence-corrected chi connectivity index (χ0v) is 18.1. The third-order valence-electron chi connectivity index (χ3n) is 4.50. The number of thiophene rings is 1. The smallest absolute Gasteiger partial charge is 0.410 e. The van der Waals surface area contributed by atoms with Crippen molar-refractivity contribution in [2.75, 3.05) is 31.7 Å². The van der Waals surface area contributed by atoms with Crippen molar-refractivity contribution >= 4 is 34.3 Å². The maximum absolute atomic E-state index is 13.0. The summed E-state index contributed by atoms with van der Waals surface area (Å²) in [5.41, 5.74) is 1.07. The Morgan fingerprint density at radius 3 is 2.52 bits per heavy atom. The van der Waals surface area contributed by atoms with Crippen molar-refractivity contribution in [1.29, 1.82) is 0 Å². The first-order valence-electron chi connectivity index (χ1n) is 9.84. The normalized spacial score (nSPS) is 12.7. The van der Waals surface area contributed by atoms with Crippen LogP contribution in [0.3, 0.4) is 0 Å². The van der Waals surface area contributed by atoms with Crippen molar-refractivity contribution in [3.8, 4) is 5.75 Å². The van der Waals surface area contributed by atoms with Crippen molar-refractivity contribution in [2.24, 2.45) is 0 Å². The number of nitrogens with zero attached hydrogens (tertiary/aromatic N) is 1. The minimum absolute atomic E-state index is 0.194. The van der Waals surface area contributed by atoms with Crippen molar-refractivity contribution in [3.63, 3.8) is 0 Å². The molecule has 10 heteroatoms. The van der Waals surface area contributed by atoms with E-state index >= 15 is 0 Å². The molecule has 0 radical (unpaired) electrons. The number of rotatable bonds is 7. The molecule has 0 saturated heterocycles. The summed E-state index contributed by atoms with van der Waals surface area (Å²) in [6.45, 7) is 4.27. The Bertz CT molecular complexity index is 960. The molecule has 8 nitrogen and oxygen atoms in total. The number of benzene rings is 1. The monoisotopic (exact) mass is 450 g/mol. The third kappa shape index (κ3) is 5.52. The molecule has 1 N–H and O–H groups in total. The molecule has 2 aromatic rings. The van der Waals surface area contributed by atoms with Crippen molar-refractivity contribution in [3.05, 3.63) is 46.1 Å². The number of hydrogen-bond acceptors (Lipinski definition) is 7. The highest BCUT2D eigenvalue weighted by Gasteiger charge is 2.31. The fourth-order valence-corrected chi connectivity index (χ4v) is 4.39. The number of ether oxygens (including phenoxy) is 3. The van der Waals surface area contributed by atoms with E-state index < -0.39 is 23.8 Å². The van der Waals surface area contributed by atoms with Crippen LogP contribution in [0.2, 0.25) is 0 Å². The molecule has 0 fully saturated rings. The highest BCUT2D eigenvalue weighted by molar-refractivity contribution is 7.17. The average molecular weight is 450 g/mol. The summed E-state index contributed by atoms with van der Waals surface area (Å²) in [5.74, 6) is -1.07. The minimum Gasteiger partial charge on any atom is -0.484 e. The van der Waals surface area contributed by atoms with Gasteiger partial charge in [-0.05, 0) is 50.1 Å². The summed E-state index contributed by atoms with van der Waals surface area (Å²) in [5, 5.41) is 3.05. The Morgan fingerprint density at radius 1 is 1.13 bits per heavy atom. The lowest BCUT2D eigenvalue weighted by atomic mass is 10.0. The van der Waals surface area contributed by atoms with E-state index in [0.29, 0.717) is 29.3 Å². The van der Waals surface area contributed by atoms with Crippen LogP contribution in [0.5, 0.6) is 5.75 Å². The Kier molecular flexibility index (Phi) is 7.45. The lowest BCUT2D eigenvalue weighted by Crippen LogP contribution is -2.36. The summed E-state index contributed by atoms with van der Waals surface area (Å²) in [6, 6.07) is 5.30. The second-order valence-electron chi connectivity index (χ2n) is 6.59. The number of hydrogen-bond donors (Lipinski definition) is 1. The third-order valence-corrected chi connectivity index (χ3v) is 5.63. The molecule has 0 bridgehead atoms. The molecule has 1 aromatic heterocycles. The fourth-order valence-electron chi connectivity index (χ4n) is 3.12. The Hall–Kier alpha value is -3.14. The van der Waals surface area contributed by atoms with E-state index in [0.717, 1.165) is 10.4 Å². The topological polar surface area (TPSA) is 94.2 Å². The molecule has 1 aliphatic rings. The predicted molar refractivity (Wildman–Crippen MR) is 112 cm³/mol. The van der Waals surface area contributed by atoms with Crippen LogP contribution in [0.1, 0.15) is 34.6 Å². The quantitative estimate of drug-likeness (QED) is 0.648. The molecule has 2 amide bonds. The lowest BCUT2D eigenvalue weighted by Gasteiger charge is -2.26. The molecular formula is C21H23FN2O6S. The van der Waals surface area contributed by atoms with Gasteiger partial charge in [-0.2, -0.15) is 0 Å². The highest BCUT2D eigenvalue weighted by Crippen LogP contribution is 2.37. The largest absolute Gasteiger partial charge is 0.484 e. The van der Waals surface area contributed by atoms with Crippen LogP contribution in [0.4, 0.5) is 14.2 Å². The molecule has 0 atom stereocenters. The van der Waals surface area contributed by atoms with E-state index in [9.17, 15) is 18.8 Å². The molecule has 0 spiro atoms. The summed E-state index contributed by atoms with van der Waals surface area (Å²) in [4.78, 5) is 39.4. The van der Waals surface area contributed by atoms with E-state index in [1.807, 2.05) is 0 Å². The van der Waals surface area contributed by atoms with E-state index in [1.54, 1.807) is 18.7 Å². The molecule has 1 aromatic carbocycles. The number of carbonyl (C=O) groups excluding carboxylic acids is 3. The molecule has 0 saturated carbocycles. The van der Waals surface area contributed by atoms with Crippen LogP contribution in [0, 0.1) is 5.82 Å². The first-order chi connectivity index (χ1) is 14.9. The van der Waals surface area contributed by atoms with Crippen molar-refractivity contribution in [2.45, 2.75) is 26.8 Å². The van der Waals surface area contributed by atoms with Gasteiger partial charge >= 0.3 is 12.1 Å². The van der Waals surface area contributed by atoms with Gasteiger partial charge in [-0.3, -0.25) is 4.79 Å². The van der Waals surface area contributed by atoms with Crippen LogP contribution >= 0.6 is 11.3 Å². The van der Waals surface area contributed by atoms with Crippen LogP contribution < -0.4 is 10.1 Å². The number of fused-ring (bicyclic) bond motifs is 1. The number of anilines is 1. The molecule has 2 heterocycles. The van der Waals surface area contributed by atoms with E-state index in [-0.39, 0.29) is 26.4 Å². The van der Waals surface area contributed by atoms with Gasteiger partial charge in [-0.25, -0.2) is 14.0 Å². The number of carbonyl (C=O) groups is 3. The number of halogens is 1. The molecule has 3 rings (SSSR count). The molecule has 1 aliphatic heterocycles. The molecular weight excluding hydrogens is 427 g/mol. The Labute approximate surface area is 182 Å². The number of nitrogens with one attached hydrogen (secondary N) is 1. The number of amides is 2. The Balaban J connectivity index is 1.75. The van der Waals surface area contributed by atoms with E-state index in [4.69, 9.17) is 14.2 Å². The van der Waals surface area contributed by atoms with Gasteiger partial charge in [0.05, 0.1) is 25.3 Å². The van der Waals surface area contributed by atoms with Gasteiger partial charge in [0.1, 0.15) is 16.6 Å². The van der Waals surface area contributed by atoms with Crippen LogP contribution in [0.15, 0.2) is 24.3 Å². The van der Waals surface area contributed by atoms with Gasteiger partial charge in [0, 0.05) is 11.4 Å². The summed E-state index contributed by atoms with van der Waals surface area (Å²) in [6.07, 6.45) is 0.0262. The minimum atomic E-state index is -0.528. The predicted octanol–water partition coefficient (Wildman–Crippen LogP) is 3.60. The molecule has 0 unspecified atom stereocenters. The average Bonchev–Trinajstić information content (AvgIpc) is 3.10. The number of esters is 1. The molecule has 0 aliphatic carbocycles. The first kappa shape index (κ1) is 22.5. The highest BCUT2D eigenvalue weighted by atomic mass is 32.1. The zero-order chi connectivity index (χ0) is 22.4. The maximum Gasteiger partial charge on any atom is 0.410 e. The standard InChI is InChI=1S/C21H23FN2O6S/c1-3-28-20(26)18-15-9-10-24(21(27)29-4-2)11-16(15)31-19(18)23-17(25)12-30-14-7-5-13(22)6-8-14/h5-8H,3-4,9-12H2,1-2H3,(H,23,25). The van der Waals surface area contributed by atoms with Crippen LogP contribution in [0.25, 0.3) is 0 Å². The second-order valence-corrected chi connectivity index (χ2v) is 7.69. The van der Waals surface area contributed by atoms with Gasteiger partial charge in [-0.1, -0.05) is 0 Å². The van der Waals surface area contributed by atoms with Crippen molar-refractivity contribution < 1.29 is 33.0 Å². The Morgan fingerprint density at radius 2 is 1.84 bits per heavy atom. The fraction of sp³-hybridized carbons (Fsp3) is 0.381. The van der Waals surface area contributed by atoms with E-state index in [2.05, 4.69) is 5.32 Å². The second kappa shape index (κ2) is 10.3. The maximum atomic E-state index is 13.0. The van der Waals surface area contributed by atoms with Gasteiger partial charge in [0.15, 0.2) is 6.61 Å². The molecule has 31 heavy (non-hydrogen) atoms. The zero-order valence-electron chi connectivity index (χ0n) is 17.2. The van der Waals surface area contributed by atoms with Gasteiger partial charge in [-0.15, -0.1) is 11.3 Å². The van der Waals surface area contributed by atoms with Crippen molar-refractivity contribution in [1.82, 2.24) is 4.90 Å².